The third kappa shape index (κ3) is 4.31. The number of hydrogen-bond acceptors (Lipinski definition) is 3. The summed E-state index contributed by atoms with van der Waals surface area (Å²) in [6.07, 6.45) is -3.96. The van der Waals surface area contributed by atoms with Gasteiger partial charge in [0.2, 0.25) is 15.9 Å². The second-order valence-electron chi connectivity index (χ2n) is 6.30. The van der Waals surface area contributed by atoms with Gasteiger partial charge in [0, 0.05) is 17.3 Å². The smallest absolute Gasteiger partial charge is 0.325 e. The van der Waals surface area contributed by atoms with Crippen molar-refractivity contribution < 1.29 is 26.4 Å². The molecule has 0 spiro atoms. The summed E-state index contributed by atoms with van der Waals surface area (Å²) in [4.78, 5) is 12.1. The maximum absolute atomic E-state index is 12.9. The van der Waals surface area contributed by atoms with Crippen LogP contribution in [0.3, 0.4) is 0 Å². The molecule has 0 aliphatic carbocycles. The van der Waals surface area contributed by atoms with Gasteiger partial charge in [-0.25, -0.2) is 8.42 Å². The van der Waals surface area contributed by atoms with Crippen molar-refractivity contribution in [3.05, 3.63) is 59.1 Å². The summed E-state index contributed by atoms with van der Waals surface area (Å²) in [5, 5.41) is 3.10. The van der Waals surface area contributed by atoms with E-state index in [1.54, 1.807) is 24.3 Å². The van der Waals surface area contributed by atoms with Gasteiger partial charge in [0.25, 0.3) is 0 Å². The Bertz CT molecular complexity index is 978. The first kappa shape index (κ1) is 20.6. The van der Waals surface area contributed by atoms with Crippen molar-refractivity contribution in [3.63, 3.8) is 0 Å². The van der Waals surface area contributed by atoms with E-state index >= 15 is 0 Å². The first-order valence-electron chi connectivity index (χ1n) is 8.34. The zero-order valence-corrected chi connectivity index (χ0v) is 16.0. The van der Waals surface area contributed by atoms with Gasteiger partial charge < -0.3 is 5.32 Å². The Balaban J connectivity index is 1.85. The summed E-state index contributed by atoms with van der Waals surface area (Å²) >= 11 is 5.79. The van der Waals surface area contributed by atoms with Gasteiger partial charge in [-0.15, -0.1) is 0 Å². The summed E-state index contributed by atoms with van der Waals surface area (Å²) in [6, 6.07) is 8.80. The molecule has 1 atom stereocenters. The van der Waals surface area contributed by atoms with Crippen molar-refractivity contribution in [3.8, 4) is 0 Å². The minimum absolute atomic E-state index is 0.0529. The number of sulfonamides is 1. The van der Waals surface area contributed by atoms with E-state index in [9.17, 15) is 26.4 Å². The topological polar surface area (TPSA) is 66.5 Å². The number of carbonyl (C=O) groups excluding carboxylic acids is 1. The molecular formula is C18H16ClF3N2O3S. The van der Waals surface area contributed by atoms with Gasteiger partial charge in [0.15, 0.2) is 0 Å². The van der Waals surface area contributed by atoms with Crippen LogP contribution in [0.25, 0.3) is 0 Å². The van der Waals surface area contributed by atoms with Crippen LogP contribution in [0.4, 0.5) is 18.9 Å². The predicted molar refractivity (Wildman–Crippen MR) is 98.4 cm³/mol. The lowest BCUT2D eigenvalue weighted by atomic mass is 10.2. The highest BCUT2D eigenvalue weighted by Gasteiger charge is 2.40. The molecule has 1 heterocycles. The molecule has 5 nitrogen and oxygen atoms in total. The number of hydrogen-bond donors (Lipinski definition) is 1. The lowest BCUT2D eigenvalue weighted by molar-refractivity contribution is -0.137. The van der Waals surface area contributed by atoms with Crippen LogP contribution >= 0.6 is 11.6 Å². The number of amides is 1. The molecule has 1 fully saturated rings. The van der Waals surface area contributed by atoms with Crippen molar-refractivity contribution in [1.82, 2.24) is 4.31 Å². The molecule has 0 bridgehead atoms. The molecule has 1 saturated heterocycles. The van der Waals surface area contributed by atoms with Gasteiger partial charge in [-0.3, -0.25) is 4.79 Å². The zero-order chi connectivity index (χ0) is 20.5. The summed E-state index contributed by atoms with van der Waals surface area (Å²) in [7, 11) is -4.26. The third-order valence-electron chi connectivity index (χ3n) is 4.39. The number of halogens is 4. The lowest BCUT2D eigenvalue weighted by Gasteiger charge is -2.23. The molecule has 1 amide bonds. The average Bonchev–Trinajstić information content (AvgIpc) is 3.14. The zero-order valence-electron chi connectivity index (χ0n) is 14.4. The standard InChI is InChI=1S/C18H16ClF3N2O3S/c19-13-6-8-14(9-7-13)23-17(25)16-5-2-10-24(16)28(26,27)15-4-1-3-12(11-15)18(20,21)22/h1,3-4,6-9,11,16H,2,5,10H2,(H,23,25)/t16-/m0/s1. The van der Waals surface area contributed by atoms with E-state index in [0.29, 0.717) is 23.2 Å². The summed E-state index contributed by atoms with van der Waals surface area (Å²) in [5.74, 6) is -0.546. The molecule has 10 heteroatoms. The van der Waals surface area contributed by atoms with Crippen LogP contribution < -0.4 is 5.32 Å². The first-order valence-corrected chi connectivity index (χ1v) is 10.2. The average molecular weight is 433 g/mol. The van der Waals surface area contributed by atoms with Crippen molar-refractivity contribution >= 4 is 33.2 Å². The fraction of sp³-hybridized carbons (Fsp3) is 0.278. The largest absolute Gasteiger partial charge is 0.416 e. The molecular weight excluding hydrogens is 417 g/mol. The Hall–Kier alpha value is -2.10. The van der Waals surface area contributed by atoms with Gasteiger partial charge in [-0.1, -0.05) is 17.7 Å². The van der Waals surface area contributed by atoms with E-state index in [-0.39, 0.29) is 13.0 Å². The molecule has 0 saturated carbocycles. The van der Waals surface area contributed by atoms with Crippen molar-refractivity contribution in [1.29, 1.82) is 0 Å². The monoisotopic (exact) mass is 432 g/mol. The van der Waals surface area contributed by atoms with Crippen LogP contribution in [0.1, 0.15) is 18.4 Å². The van der Waals surface area contributed by atoms with Gasteiger partial charge in [-0.05, 0) is 55.3 Å². The maximum atomic E-state index is 12.9. The first-order chi connectivity index (χ1) is 13.1. The maximum Gasteiger partial charge on any atom is 0.416 e. The van der Waals surface area contributed by atoms with Crippen molar-refractivity contribution in [2.24, 2.45) is 0 Å². The Morgan fingerprint density at radius 1 is 1.14 bits per heavy atom. The fourth-order valence-corrected chi connectivity index (χ4v) is 4.85. The van der Waals surface area contributed by atoms with Crippen LogP contribution in [0, 0.1) is 0 Å². The molecule has 2 aromatic carbocycles. The minimum Gasteiger partial charge on any atom is -0.325 e. The van der Waals surface area contributed by atoms with E-state index in [1.165, 1.54) is 0 Å². The minimum atomic E-state index is -4.66. The third-order valence-corrected chi connectivity index (χ3v) is 6.54. The molecule has 0 radical (unpaired) electrons. The Labute approximate surface area is 165 Å². The molecule has 1 N–H and O–H groups in total. The molecule has 28 heavy (non-hydrogen) atoms. The van der Waals surface area contributed by atoms with Crippen LogP contribution in [-0.2, 0) is 21.0 Å². The van der Waals surface area contributed by atoms with Gasteiger partial charge in [-0.2, -0.15) is 17.5 Å². The Morgan fingerprint density at radius 3 is 2.46 bits per heavy atom. The molecule has 0 aromatic heterocycles. The number of benzene rings is 2. The van der Waals surface area contributed by atoms with E-state index in [0.717, 1.165) is 22.5 Å². The second-order valence-corrected chi connectivity index (χ2v) is 8.62. The molecule has 3 rings (SSSR count). The number of anilines is 1. The Kier molecular flexibility index (Phi) is 5.69. The second kappa shape index (κ2) is 7.73. The molecule has 150 valence electrons. The van der Waals surface area contributed by atoms with Gasteiger partial charge >= 0.3 is 6.18 Å². The quantitative estimate of drug-likeness (QED) is 0.789. The van der Waals surface area contributed by atoms with Crippen molar-refractivity contribution in [2.45, 2.75) is 30.0 Å². The normalized spacial score (nSPS) is 18.2. The highest BCUT2D eigenvalue weighted by Crippen LogP contribution is 2.33. The lowest BCUT2D eigenvalue weighted by Crippen LogP contribution is -2.43. The SMILES string of the molecule is O=C(Nc1ccc(Cl)cc1)[C@@H]1CCCN1S(=O)(=O)c1cccc(C(F)(F)F)c1. The van der Waals surface area contributed by atoms with Crippen LogP contribution in [-0.4, -0.2) is 31.2 Å². The summed E-state index contributed by atoms with van der Waals surface area (Å²) < 4.78 is 65.5. The molecule has 2 aromatic rings. The van der Waals surface area contributed by atoms with Crippen LogP contribution in [0.2, 0.25) is 5.02 Å². The summed E-state index contributed by atoms with van der Waals surface area (Å²) in [6.45, 7) is 0.0529. The van der Waals surface area contributed by atoms with E-state index in [4.69, 9.17) is 11.6 Å². The number of carbonyl (C=O) groups is 1. The highest BCUT2D eigenvalue weighted by molar-refractivity contribution is 7.89. The van der Waals surface area contributed by atoms with E-state index in [1.807, 2.05) is 0 Å². The number of nitrogens with zero attached hydrogens (tertiary/aromatic N) is 1. The van der Waals surface area contributed by atoms with Gasteiger partial charge in [0.1, 0.15) is 6.04 Å². The number of nitrogens with one attached hydrogen (secondary N) is 1. The van der Waals surface area contributed by atoms with E-state index in [2.05, 4.69) is 5.32 Å². The Morgan fingerprint density at radius 2 is 1.82 bits per heavy atom. The molecule has 1 aliphatic rings. The molecule has 1 aliphatic heterocycles. The fourth-order valence-electron chi connectivity index (χ4n) is 3.02. The summed E-state index contributed by atoms with van der Waals surface area (Å²) in [5.41, 5.74) is -0.618. The van der Waals surface area contributed by atoms with Crippen LogP contribution in [0.5, 0.6) is 0 Å². The predicted octanol–water partition coefficient (Wildman–Crippen LogP) is 4.15. The van der Waals surface area contributed by atoms with Crippen LogP contribution in [0.15, 0.2) is 53.4 Å². The van der Waals surface area contributed by atoms with E-state index < -0.39 is 38.6 Å². The van der Waals surface area contributed by atoms with Gasteiger partial charge in [0.05, 0.1) is 10.5 Å². The number of alkyl halides is 3. The number of rotatable bonds is 4. The molecule has 0 unspecified atom stereocenters. The highest BCUT2D eigenvalue weighted by atomic mass is 35.5. The van der Waals surface area contributed by atoms with Crippen molar-refractivity contribution in [2.75, 3.05) is 11.9 Å².